The Morgan fingerprint density at radius 3 is 2.48 bits per heavy atom. The summed E-state index contributed by atoms with van der Waals surface area (Å²) in [5.74, 6) is 1.25. The van der Waals surface area contributed by atoms with Crippen LogP contribution in [-0.4, -0.2) is 60.4 Å². The normalized spacial score (nSPS) is 22.4. The Hall–Kier alpha value is -2.08. The zero-order chi connectivity index (χ0) is 19.2. The fraction of sp³-hybridized carbons (Fsp3) is 0.619. The molecule has 2 heterocycles. The number of carbonyl (C=O) groups is 2. The van der Waals surface area contributed by atoms with Crippen LogP contribution in [0, 0.1) is 11.8 Å². The molecule has 3 rings (SSSR count). The molecule has 2 aliphatic heterocycles. The van der Waals surface area contributed by atoms with Gasteiger partial charge in [0.2, 0.25) is 5.91 Å². The molecule has 2 atom stereocenters. The summed E-state index contributed by atoms with van der Waals surface area (Å²) in [5, 5.41) is 0. The summed E-state index contributed by atoms with van der Waals surface area (Å²) in [6.07, 6.45) is 3.67. The number of hydrogen-bond donors (Lipinski definition) is 1. The van der Waals surface area contributed by atoms with Crippen LogP contribution < -0.4 is 10.5 Å². The van der Waals surface area contributed by atoms with Gasteiger partial charge < -0.3 is 20.3 Å². The minimum Gasteiger partial charge on any atom is -0.484 e. The highest BCUT2D eigenvalue weighted by atomic mass is 16.5. The number of para-hydroxylation sites is 1. The molecule has 2 N–H and O–H groups in total. The monoisotopic (exact) mass is 373 g/mol. The van der Waals surface area contributed by atoms with E-state index in [0.29, 0.717) is 24.8 Å². The second-order valence-corrected chi connectivity index (χ2v) is 7.80. The Morgan fingerprint density at radius 1 is 1.11 bits per heavy atom. The number of hydrogen-bond acceptors (Lipinski definition) is 4. The van der Waals surface area contributed by atoms with Crippen molar-refractivity contribution in [3.05, 3.63) is 30.3 Å². The Bertz CT molecular complexity index is 627. The van der Waals surface area contributed by atoms with E-state index in [1.807, 2.05) is 42.2 Å². The van der Waals surface area contributed by atoms with Gasteiger partial charge >= 0.3 is 0 Å². The van der Waals surface area contributed by atoms with E-state index in [4.69, 9.17) is 10.5 Å². The average Bonchev–Trinajstić information content (AvgIpc) is 2.72. The van der Waals surface area contributed by atoms with Crippen molar-refractivity contribution in [1.82, 2.24) is 9.80 Å². The van der Waals surface area contributed by atoms with E-state index in [1.165, 1.54) is 0 Å². The molecule has 0 aliphatic carbocycles. The Kier molecular flexibility index (Phi) is 6.72. The van der Waals surface area contributed by atoms with Gasteiger partial charge in [-0.05, 0) is 50.7 Å². The second-order valence-electron chi connectivity index (χ2n) is 7.80. The predicted octanol–water partition coefficient (Wildman–Crippen LogP) is 1.89. The minimum absolute atomic E-state index is 0.0186. The van der Waals surface area contributed by atoms with E-state index >= 15 is 0 Å². The average molecular weight is 373 g/mol. The number of nitrogens with two attached hydrogens (primary N) is 1. The molecular formula is C21H31N3O3. The van der Waals surface area contributed by atoms with Gasteiger partial charge in [0.05, 0.1) is 5.92 Å². The quantitative estimate of drug-likeness (QED) is 0.855. The molecular weight excluding hydrogens is 342 g/mol. The molecule has 2 saturated heterocycles. The minimum atomic E-state index is -0.0914. The predicted molar refractivity (Wildman–Crippen MR) is 104 cm³/mol. The molecule has 2 amide bonds. The van der Waals surface area contributed by atoms with E-state index in [2.05, 4.69) is 0 Å². The fourth-order valence-electron chi connectivity index (χ4n) is 4.06. The second kappa shape index (κ2) is 9.22. The van der Waals surface area contributed by atoms with E-state index in [0.717, 1.165) is 38.8 Å². The van der Waals surface area contributed by atoms with Gasteiger partial charge in [-0.1, -0.05) is 18.2 Å². The van der Waals surface area contributed by atoms with Crippen LogP contribution in [0.25, 0.3) is 0 Å². The summed E-state index contributed by atoms with van der Waals surface area (Å²) < 4.78 is 5.57. The first-order valence-corrected chi connectivity index (χ1v) is 10.0. The largest absolute Gasteiger partial charge is 0.484 e. The van der Waals surface area contributed by atoms with Crippen LogP contribution in [0.5, 0.6) is 5.75 Å². The van der Waals surface area contributed by atoms with Crippen LogP contribution >= 0.6 is 0 Å². The van der Waals surface area contributed by atoms with Crippen molar-refractivity contribution in [1.29, 1.82) is 0 Å². The van der Waals surface area contributed by atoms with Gasteiger partial charge in [-0.3, -0.25) is 9.59 Å². The van der Waals surface area contributed by atoms with Crippen LogP contribution in [0.4, 0.5) is 0 Å². The van der Waals surface area contributed by atoms with Gasteiger partial charge in [-0.2, -0.15) is 0 Å². The molecule has 0 radical (unpaired) electrons. The molecule has 2 unspecified atom stereocenters. The maximum absolute atomic E-state index is 12.9. The van der Waals surface area contributed by atoms with Crippen LogP contribution in [0.3, 0.4) is 0 Å². The Morgan fingerprint density at radius 2 is 1.81 bits per heavy atom. The highest BCUT2D eigenvalue weighted by Gasteiger charge is 2.33. The molecule has 0 spiro atoms. The molecule has 1 aromatic rings. The molecule has 27 heavy (non-hydrogen) atoms. The van der Waals surface area contributed by atoms with Crippen molar-refractivity contribution >= 4 is 11.8 Å². The van der Waals surface area contributed by atoms with Crippen molar-refractivity contribution in [2.45, 2.75) is 38.6 Å². The van der Waals surface area contributed by atoms with Crippen LogP contribution in [0.1, 0.15) is 32.6 Å². The zero-order valence-corrected chi connectivity index (χ0v) is 16.2. The third-order valence-corrected chi connectivity index (χ3v) is 5.82. The van der Waals surface area contributed by atoms with Crippen molar-refractivity contribution in [2.75, 3.05) is 32.8 Å². The Labute approximate surface area is 161 Å². The van der Waals surface area contributed by atoms with E-state index < -0.39 is 0 Å². The lowest BCUT2D eigenvalue weighted by Crippen LogP contribution is -2.50. The fourth-order valence-corrected chi connectivity index (χ4v) is 4.06. The highest BCUT2D eigenvalue weighted by Crippen LogP contribution is 2.24. The molecule has 1 aromatic carbocycles. The van der Waals surface area contributed by atoms with Gasteiger partial charge in [0.15, 0.2) is 6.61 Å². The van der Waals surface area contributed by atoms with E-state index in [1.54, 1.807) is 4.90 Å². The van der Waals surface area contributed by atoms with Crippen LogP contribution in [0.15, 0.2) is 30.3 Å². The van der Waals surface area contributed by atoms with Crippen LogP contribution in [-0.2, 0) is 9.59 Å². The van der Waals surface area contributed by atoms with Gasteiger partial charge in [0, 0.05) is 32.2 Å². The molecule has 6 heteroatoms. The van der Waals surface area contributed by atoms with Crippen LogP contribution in [0.2, 0.25) is 0 Å². The standard InChI is InChI=1S/C21H31N3O3/c1-16(22)17-9-12-23(13-10-17)21(26)18-6-5-11-24(14-18)20(25)15-27-19-7-3-2-4-8-19/h2-4,7-8,16-18H,5-6,9-15,22H2,1H3. The third-order valence-electron chi connectivity index (χ3n) is 5.82. The molecule has 2 fully saturated rings. The molecule has 0 aromatic heterocycles. The number of amides is 2. The summed E-state index contributed by atoms with van der Waals surface area (Å²) in [4.78, 5) is 29.2. The topological polar surface area (TPSA) is 75.9 Å². The first kappa shape index (κ1) is 19.7. The molecule has 6 nitrogen and oxygen atoms in total. The number of rotatable bonds is 5. The first-order chi connectivity index (χ1) is 13.0. The summed E-state index contributed by atoms with van der Waals surface area (Å²) in [6, 6.07) is 9.53. The lowest BCUT2D eigenvalue weighted by Gasteiger charge is -2.38. The van der Waals surface area contributed by atoms with Crippen molar-refractivity contribution in [3.8, 4) is 5.75 Å². The lowest BCUT2D eigenvalue weighted by molar-refractivity contribution is -0.142. The number of piperidine rings is 2. The maximum Gasteiger partial charge on any atom is 0.260 e. The third kappa shape index (κ3) is 5.22. The molecule has 148 valence electrons. The summed E-state index contributed by atoms with van der Waals surface area (Å²) in [7, 11) is 0. The number of likely N-dealkylation sites (tertiary alicyclic amines) is 2. The molecule has 0 bridgehead atoms. The maximum atomic E-state index is 12.9. The summed E-state index contributed by atoms with van der Waals surface area (Å²) in [6.45, 7) is 4.84. The number of carbonyl (C=O) groups excluding carboxylic acids is 2. The molecule has 0 saturated carbocycles. The molecule has 2 aliphatic rings. The van der Waals surface area contributed by atoms with Crippen molar-refractivity contribution < 1.29 is 14.3 Å². The van der Waals surface area contributed by atoms with E-state index in [9.17, 15) is 9.59 Å². The number of ether oxygens (including phenoxy) is 1. The number of nitrogens with zero attached hydrogens (tertiary/aromatic N) is 2. The lowest BCUT2D eigenvalue weighted by atomic mass is 9.89. The first-order valence-electron chi connectivity index (χ1n) is 10.0. The number of benzene rings is 1. The summed E-state index contributed by atoms with van der Waals surface area (Å²) >= 11 is 0. The van der Waals surface area contributed by atoms with Crippen molar-refractivity contribution in [3.63, 3.8) is 0 Å². The van der Waals surface area contributed by atoms with Gasteiger partial charge in [0.25, 0.3) is 5.91 Å². The van der Waals surface area contributed by atoms with Gasteiger partial charge in [-0.15, -0.1) is 0 Å². The van der Waals surface area contributed by atoms with E-state index in [-0.39, 0.29) is 30.4 Å². The smallest absolute Gasteiger partial charge is 0.260 e. The van der Waals surface area contributed by atoms with Gasteiger partial charge in [-0.25, -0.2) is 0 Å². The zero-order valence-electron chi connectivity index (χ0n) is 16.2. The Balaban J connectivity index is 1.48. The van der Waals surface area contributed by atoms with Crippen molar-refractivity contribution in [2.24, 2.45) is 17.6 Å². The van der Waals surface area contributed by atoms with Gasteiger partial charge in [0.1, 0.15) is 5.75 Å². The SMILES string of the molecule is CC(N)C1CCN(C(=O)C2CCCN(C(=O)COc3ccccc3)C2)CC1. The highest BCUT2D eigenvalue weighted by molar-refractivity contribution is 5.82. The summed E-state index contributed by atoms with van der Waals surface area (Å²) in [5.41, 5.74) is 5.99.